The number of esters is 1. The predicted octanol–water partition coefficient (Wildman–Crippen LogP) is 0.0249. The van der Waals surface area contributed by atoms with E-state index in [1.807, 2.05) is 0 Å². The smallest absolute Gasteiger partial charge is 0.424 e. The van der Waals surface area contributed by atoms with E-state index in [9.17, 15) is 27.6 Å². The molecule has 0 unspecified atom stereocenters. The first-order chi connectivity index (χ1) is 13.2. The Morgan fingerprint density at radius 3 is 2.21 bits per heavy atom. The monoisotopic (exact) mass is 412 g/mol. The number of cyclic esters (lactones) is 2. The maximum absolute atomic E-state index is 12.9. The predicted molar refractivity (Wildman–Crippen MR) is 89.3 cm³/mol. The van der Waals surface area contributed by atoms with Crippen molar-refractivity contribution in [3.8, 4) is 0 Å². The van der Waals surface area contributed by atoms with Gasteiger partial charge in [0.05, 0.1) is 12.0 Å². The summed E-state index contributed by atoms with van der Waals surface area (Å²) in [5.41, 5.74) is 0.788. The molecule has 1 aromatic rings. The SMILES string of the molecule is COC(=O)[C@@H]1COC(=O)N1C(=O)[C@@H]1COC(=O)N1S(=O)(=O)c1ccc(C)cc1. The Kier molecular flexibility index (Phi) is 4.98. The molecule has 2 heterocycles. The highest BCUT2D eigenvalue weighted by Gasteiger charge is 2.53. The molecule has 3 rings (SSSR count). The lowest BCUT2D eigenvalue weighted by molar-refractivity contribution is -0.149. The first-order valence-corrected chi connectivity index (χ1v) is 9.48. The van der Waals surface area contributed by atoms with Crippen molar-refractivity contribution in [3.63, 3.8) is 0 Å². The van der Waals surface area contributed by atoms with E-state index in [4.69, 9.17) is 9.47 Å². The molecule has 0 aliphatic carbocycles. The van der Waals surface area contributed by atoms with Gasteiger partial charge in [0.1, 0.15) is 13.2 Å². The summed E-state index contributed by atoms with van der Waals surface area (Å²) in [4.78, 5) is 48.9. The van der Waals surface area contributed by atoms with E-state index in [2.05, 4.69) is 4.74 Å². The zero-order valence-electron chi connectivity index (χ0n) is 14.9. The molecule has 1 aromatic carbocycles. The van der Waals surface area contributed by atoms with Crippen molar-refractivity contribution < 1.29 is 41.8 Å². The minimum atomic E-state index is -4.45. The lowest BCUT2D eigenvalue weighted by Crippen LogP contribution is -2.54. The summed E-state index contributed by atoms with van der Waals surface area (Å²) in [5, 5.41) is 0. The van der Waals surface area contributed by atoms with Gasteiger partial charge in [0.15, 0.2) is 12.1 Å². The van der Waals surface area contributed by atoms with Gasteiger partial charge in [-0.2, -0.15) is 4.31 Å². The van der Waals surface area contributed by atoms with Crippen LogP contribution in [-0.4, -0.2) is 74.1 Å². The largest absolute Gasteiger partial charge is 0.467 e. The molecule has 0 bridgehead atoms. The van der Waals surface area contributed by atoms with Crippen LogP contribution in [-0.2, 0) is 33.8 Å². The van der Waals surface area contributed by atoms with Crippen molar-refractivity contribution in [2.24, 2.45) is 0 Å². The van der Waals surface area contributed by atoms with Gasteiger partial charge >= 0.3 is 18.2 Å². The fraction of sp³-hybridized carbons (Fsp3) is 0.375. The van der Waals surface area contributed by atoms with Crippen LogP contribution in [0, 0.1) is 6.92 Å². The number of hydrogen-bond donors (Lipinski definition) is 0. The molecule has 2 fully saturated rings. The number of carbonyl (C=O) groups excluding carboxylic acids is 4. The van der Waals surface area contributed by atoms with Crippen LogP contribution in [0.5, 0.6) is 0 Å². The molecule has 0 radical (unpaired) electrons. The average Bonchev–Trinajstić information content (AvgIpc) is 3.24. The van der Waals surface area contributed by atoms with Crippen molar-refractivity contribution >= 4 is 34.1 Å². The third-order valence-corrected chi connectivity index (χ3v) is 6.06. The minimum Gasteiger partial charge on any atom is -0.467 e. The van der Waals surface area contributed by atoms with Crippen LogP contribution >= 0.6 is 0 Å². The van der Waals surface area contributed by atoms with E-state index in [0.717, 1.165) is 12.7 Å². The zero-order valence-corrected chi connectivity index (χ0v) is 15.7. The molecule has 2 aliphatic heterocycles. The molecule has 2 saturated heterocycles. The number of aryl methyl sites for hydroxylation is 1. The molecule has 0 spiro atoms. The van der Waals surface area contributed by atoms with Gasteiger partial charge in [-0.15, -0.1) is 0 Å². The number of sulfonamides is 1. The first-order valence-electron chi connectivity index (χ1n) is 8.04. The molecule has 12 heteroatoms. The average molecular weight is 412 g/mol. The van der Waals surface area contributed by atoms with E-state index >= 15 is 0 Å². The number of nitrogens with zero attached hydrogens (tertiary/aromatic N) is 2. The van der Waals surface area contributed by atoms with Gasteiger partial charge in [0, 0.05) is 0 Å². The topological polar surface area (TPSA) is 137 Å². The number of imide groups is 1. The molecule has 11 nitrogen and oxygen atoms in total. The summed E-state index contributed by atoms with van der Waals surface area (Å²) >= 11 is 0. The Balaban J connectivity index is 1.95. The summed E-state index contributed by atoms with van der Waals surface area (Å²) in [6.07, 6.45) is -2.41. The van der Waals surface area contributed by atoms with Crippen LogP contribution in [0.3, 0.4) is 0 Å². The second-order valence-corrected chi connectivity index (χ2v) is 7.85. The number of ether oxygens (including phenoxy) is 3. The fourth-order valence-electron chi connectivity index (χ4n) is 2.80. The number of carbonyl (C=O) groups is 4. The van der Waals surface area contributed by atoms with E-state index in [-0.39, 0.29) is 9.20 Å². The van der Waals surface area contributed by atoms with Gasteiger partial charge in [0.25, 0.3) is 15.9 Å². The first kappa shape index (κ1) is 19.6. The van der Waals surface area contributed by atoms with Crippen LogP contribution in [0.25, 0.3) is 0 Å². The van der Waals surface area contributed by atoms with Crippen molar-refractivity contribution in [1.29, 1.82) is 0 Å². The number of hydrogen-bond acceptors (Lipinski definition) is 9. The van der Waals surface area contributed by atoms with E-state index < -0.39 is 59.4 Å². The Bertz CT molecular complexity index is 941. The van der Waals surface area contributed by atoms with E-state index in [1.54, 1.807) is 6.92 Å². The van der Waals surface area contributed by atoms with Crippen molar-refractivity contribution in [2.75, 3.05) is 20.3 Å². The van der Waals surface area contributed by atoms with Gasteiger partial charge in [0.2, 0.25) is 0 Å². The lowest BCUT2D eigenvalue weighted by Gasteiger charge is -2.25. The maximum Gasteiger partial charge on any atom is 0.424 e. The van der Waals surface area contributed by atoms with E-state index in [0.29, 0.717) is 4.90 Å². The third-order valence-electron chi connectivity index (χ3n) is 4.27. The van der Waals surface area contributed by atoms with Crippen LogP contribution < -0.4 is 0 Å². The quantitative estimate of drug-likeness (QED) is 0.495. The summed E-state index contributed by atoms with van der Waals surface area (Å²) in [7, 11) is -3.39. The highest BCUT2D eigenvalue weighted by atomic mass is 32.2. The Morgan fingerprint density at radius 2 is 1.61 bits per heavy atom. The van der Waals surface area contributed by atoms with E-state index in [1.165, 1.54) is 24.3 Å². The number of methoxy groups -OCH3 is 1. The lowest BCUT2D eigenvalue weighted by atomic mass is 10.2. The molecule has 150 valence electrons. The summed E-state index contributed by atoms with van der Waals surface area (Å²) in [6.45, 7) is 0.697. The van der Waals surface area contributed by atoms with Crippen LogP contribution in [0.4, 0.5) is 9.59 Å². The second-order valence-electron chi connectivity index (χ2n) is 6.03. The molecule has 2 atom stereocenters. The summed E-state index contributed by atoms with van der Waals surface area (Å²) < 4.78 is 40.0. The number of benzene rings is 1. The Morgan fingerprint density at radius 1 is 1.04 bits per heavy atom. The van der Waals surface area contributed by atoms with Crippen molar-refractivity contribution in [3.05, 3.63) is 29.8 Å². The van der Waals surface area contributed by atoms with Gasteiger partial charge in [-0.05, 0) is 19.1 Å². The third kappa shape index (κ3) is 3.15. The van der Waals surface area contributed by atoms with Crippen LogP contribution in [0.15, 0.2) is 29.2 Å². The van der Waals surface area contributed by atoms with Gasteiger partial charge in [-0.25, -0.2) is 27.7 Å². The zero-order chi connectivity index (χ0) is 20.6. The number of rotatable bonds is 4. The highest BCUT2D eigenvalue weighted by molar-refractivity contribution is 7.89. The fourth-order valence-corrected chi connectivity index (χ4v) is 4.25. The molecule has 0 aromatic heterocycles. The van der Waals surface area contributed by atoms with Gasteiger partial charge in [-0.3, -0.25) is 4.79 Å². The molecule has 3 amide bonds. The van der Waals surface area contributed by atoms with Crippen molar-refractivity contribution in [1.82, 2.24) is 9.21 Å². The van der Waals surface area contributed by atoms with Crippen LogP contribution in [0.1, 0.15) is 5.56 Å². The molecule has 0 saturated carbocycles. The Hall–Kier alpha value is -3.15. The highest BCUT2D eigenvalue weighted by Crippen LogP contribution is 2.27. The van der Waals surface area contributed by atoms with Crippen LogP contribution in [0.2, 0.25) is 0 Å². The summed E-state index contributed by atoms with van der Waals surface area (Å²) in [5.74, 6) is -2.04. The molecular formula is C16H16N2O9S. The molecular weight excluding hydrogens is 396 g/mol. The van der Waals surface area contributed by atoms with Crippen molar-refractivity contribution in [2.45, 2.75) is 23.9 Å². The summed E-state index contributed by atoms with van der Waals surface area (Å²) in [6, 6.07) is 2.55. The molecule has 28 heavy (non-hydrogen) atoms. The molecule has 2 aliphatic rings. The molecule has 0 N–H and O–H groups in total. The maximum atomic E-state index is 12.9. The van der Waals surface area contributed by atoms with Gasteiger partial charge < -0.3 is 14.2 Å². The minimum absolute atomic E-state index is 0.233. The standard InChI is InChI=1S/C16H16N2O9S/c1-9-3-5-10(6-4-9)28(23,24)18-11(7-27-16(18)22)13(19)17-12(14(20)25-2)8-26-15(17)21/h3-6,11-12H,7-8H2,1-2H3/t11-,12-/m0/s1. The normalized spacial score (nSPS) is 22.1. The second kappa shape index (κ2) is 7.11. The Labute approximate surface area is 159 Å². The van der Waals surface area contributed by atoms with Gasteiger partial charge in [-0.1, -0.05) is 17.7 Å². The number of amides is 3.